The van der Waals surface area contributed by atoms with Crippen molar-refractivity contribution in [1.82, 2.24) is 4.90 Å². The Hall–Kier alpha value is -1.73. The van der Waals surface area contributed by atoms with E-state index in [1.54, 1.807) is 47.9 Å². The van der Waals surface area contributed by atoms with Gasteiger partial charge in [0.2, 0.25) is 11.8 Å². The molecule has 6 nitrogen and oxygen atoms in total. The minimum absolute atomic E-state index is 0.00989. The molecule has 1 fully saturated rings. The molecule has 22 heavy (non-hydrogen) atoms. The molecule has 1 saturated heterocycles. The van der Waals surface area contributed by atoms with Gasteiger partial charge in [-0.25, -0.2) is 0 Å². The summed E-state index contributed by atoms with van der Waals surface area (Å²) in [6, 6.07) is 6.72. The van der Waals surface area contributed by atoms with Gasteiger partial charge in [-0.2, -0.15) is 0 Å². The number of nitrogens with two attached hydrogens (primary N) is 1. The highest BCUT2D eigenvalue weighted by molar-refractivity contribution is 7.99. The van der Waals surface area contributed by atoms with Crippen molar-refractivity contribution in [3.05, 3.63) is 24.3 Å². The van der Waals surface area contributed by atoms with Crippen LogP contribution in [0.4, 0.5) is 5.69 Å². The first-order valence-corrected chi connectivity index (χ1v) is 8.42. The van der Waals surface area contributed by atoms with Crippen molar-refractivity contribution in [2.75, 3.05) is 30.1 Å². The second-order valence-corrected chi connectivity index (χ2v) is 5.88. The van der Waals surface area contributed by atoms with Crippen molar-refractivity contribution in [1.29, 1.82) is 0 Å². The average Bonchev–Trinajstić information content (AvgIpc) is 3.03. The molecule has 1 aromatic carbocycles. The molecular formula is C15H21N3O3S. The van der Waals surface area contributed by atoms with Gasteiger partial charge in [-0.05, 0) is 24.3 Å². The molecule has 7 heteroatoms. The summed E-state index contributed by atoms with van der Waals surface area (Å²) >= 11 is 1.60. The van der Waals surface area contributed by atoms with Crippen LogP contribution in [0.2, 0.25) is 0 Å². The number of nitrogens with zero attached hydrogens (tertiary/aromatic N) is 1. The lowest BCUT2D eigenvalue weighted by Gasteiger charge is -2.22. The number of benzene rings is 1. The summed E-state index contributed by atoms with van der Waals surface area (Å²) in [5.74, 6) is 1.78. The van der Waals surface area contributed by atoms with Gasteiger partial charge in [0.05, 0.1) is 5.88 Å². The second kappa shape index (κ2) is 8.05. The van der Waals surface area contributed by atoms with E-state index < -0.39 is 6.04 Å². The van der Waals surface area contributed by atoms with Crippen LogP contribution in [0, 0.1) is 0 Å². The Kier molecular flexibility index (Phi) is 6.09. The van der Waals surface area contributed by atoms with Crippen LogP contribution in [0.5, 0.6) is 5.75 Å². The molecule has 0 aromatic heterocycles. The topological polar surface area (TPSA) is 84.7 Å². The van der Waals surface area contributed by atoms with Crippen LogP contribution in [0.3, 0.4) is 0 Å². The lowest BCUT2D eigenvalue weighted by atomic mass is 10.2. The van der Waals surface area contributed by atoms with Gasteiger partial charge in [-0.15, -0.1) is 11.8 Å². The highest BCUT2D eigenvalue weighted by Gasteiger charge is 2.33. The Labute approximate surface area is 134 Å². The molecule has 0 saturated carbocycles. The molecule has 1 aromatic rings. The third kappa shape index (κ3) is 4.14. The van der Waals surface area contributed by atoms with Crippen molar-refractivity contribution in [2.24, 2.45) is 5.73 Å². The Morgan fingerprint density at radius 1 is 1.41 bits per heavy atom. The minimum atomic E-state index is -0.398. The van der Waals surface area contributed by atoms with Gasteiger partial charge in [0.25, 0.3) is 0 Å². The summed E-state index contributed by atoms with van der Waals surface area (Å²) in [7, 11) is 0. The zero-order valence-corrected chi connectivity index (χ0v) is 13.4. The van der Waals surface area contributed by atoms with Gasteiger partial charge in [0.15, 0.2) is 0 Å². The number of ether oxygens (including phenoxy) is 1. The number of hydrogen-bond donors (Lipinski definition) is 2. The van der Waals surface area contributed by atoms with Gasteiger partial charge in [0, 0.05) is 24.4 Å². The highest BCUT2D eigenvalue weighted by Crippen LogP contribution is 2.23. The van der Waals surface area contributed by atoms with Crippen molar-refractivity contribution < 1.29 is 14.3 Å². The number of anilines is 1. The van der Waals surface area contributed by atoms with E-state index in [4.69, 9.17) is 10.5 Å². The van der Waals surface area contributed by atoms with Crippen molar-refractivity contribution >= 4 is 29.3 Å². The summed E-state index contributed by atoms with van der Waals surface area (Å²) in [6.07, 6.45) is 0.414. The van der Waals surface area contributed by atoms with Crippen LogP contribution < -0.4 is 15.8 Å². The van der Waals surface area contributed by atoms with E-state index in [0.29, 0.717) is 42.6 Å². The Morgan fingerprint density at radius 2 is 2.14 bits per heavy atom. The molecule has 3 N–H and O–H groups in total. The Bertz CT molecular complexity index is 521. The summed E-state index contributed by atoms with van der Waals surface area (Å²) in [4.78, 5) is 25.8. The van der Waals surface area contributed by atoms with Gasteiger partial charge < -0.3 is 20.7 Å². The lowest BCUT2D eigenvalue weighted by molar-refractivity contribution is -0.135. The predicted octanol–water partition coefficient (Wildman–Crippen LogP) is 1.27. The monoisotopic (exact) mass is 323 g/mol. The average molecular weight is 323 g/mol. The maximum Gasteiger partial charge on any atom is 0.248 e. The van der Waals surface area contributed by atoms with E-state index in [0.717, 1.165) is 0 Å². The van der Waals surface area contributed by atoms with Crippen molar-refractivity contribution in [3.63, 3.8) is 0 Å². The third-order valence-corrected chi connectivity index (χ3v) is 4.33. The molecule has 0 aliphatic carbocycles. The normalized spacial score (nSPS) is 17.4. The first kappa shape index (κ1) is 16.6. The van der Waals surface area contributed by atoms with Crippen LogP contribution in [0.15, 0.2) is 24.3 Å². The number of carbonyl (C=O) groups excluding carboxylic acids is 2. The molecule has 1 atom stereocenters. The van der Waals surface area contributed by atoms with E-state index in [9.17, 15) is 9.59 Å². The van der Waals surface area contributed by atoms with Gasteiger partial charge in [0.1, 0.15) is 18.4 Å². The third-order valence-electron chi connectivity index (χ3n) is 3.32. The van der Waals surface area contributed by atoms with Crippen LogP contribution in [-0.2, 0) is 9.59 Å². The standard InChI is InChI=1S/C15H21N3O3S/c1-2-14(19)18-10-22-9-13(18)15(20)17-11-3-5-12(6-4-11)21-8-7-16/h3-6,13H,2,7-10,16H2,1H3,(H,17,20). The van der Waals surface area contributed by atoms with Crippen molar-refractivity contribution in [3.8, 4) is 5.75 Å². The molecule has 1 heterocycles. The van der Waals surface area contributed by atoms with E-state index in [-0.39, 0.29) is 11.8 Å². The van der Waals surface area contributed by atoms with Gasteiger partial charge in [-0.1, -0.05) is 6.92 Å². The number of carbonyl (C=O) groups is 2. The molecule has 0 bridgehead atoms. The molecule has 2 rings (SSSR count). The van der Waals surface area contributed by atoms with E-state index in [2.05, 4.69) is 5.32 Å². The molecule has 1 aliphatic rings. The summed E-state index contributed by atoms with van der Waals surface area (Å²) in [6.45, 7) is 2.72. The zero-order chi connectivity index (χ0) is 15.9. The maximum absolute atomic E-state index is 12.3. The molecule has 0 radical (unpaired) electrons. The largest absolute Gasteiger partial charge is 0.492 e. The van der Waals surface area contributed by atoms with Gasteiger partial charge in [-0.3, -0.25) is 9.59 Å². The highest BCUT2D eigenvalue weighted by atomic mass is 32.2. The first-order chi connectivity index (χ1) is 10.7. The first-order valence-electron chi connectivity index (χ1n) is 7.26. The van der Waals surface area contributed by atoms with Gasteiger partial charge >= 0.3 is 0 Å². The SMILES string of the molecule is CCC(=O)N1CSCC1C(=O)Nc1ccc(OCCN)cc1. The number of nitrogens with one attached hydrogen (secondary N) is 1. The second-order valence-electron chi connectivity index (χ2n) is 4.88. The lowest BCUT2D eigenvalue weighted by Crippen LogP contribution is -2.44. The zero-order valence-electron chi connectivity index (χ0n) is 12.6. The van der Waals surface area contributed by atoms with Crippen LogP contribution in [-0.4, -0.2) is 47.5 Å². The van der Waals surface area contributed by atoms with E-state index in [1.807, 2.05) is 0 Å². The number of thioether (sulfide) groups is 1. The van der Waals surface area contributed by atoms with Crippen LogP contribution in [0.1, 0.15) is 13.3 Å². The summed E-state index contributed by atoms with van der Waals surface area (Å²) < 4.78 is 5.38. The molecule has 120 valence electrons. The fourth-order valence-corrected chi connectivity index (χ4v) is 3.33. The molecule has 1 aliphatic heterocycles. The van der Waals surface area contributed by atoms with E-state index >= 15 is 0 Å². The Morgan fingerprint density at radius 3 is 2.77 bits per heavy atom. The number of hydrogen-bond acceptors (Lipinski definition) is 5. The fraction of sp³-hybridized carbons (Fsp3) is 0.467. The minimum Gasteiger partial charge on any atom is -0.492 e. The molecule has 0 spiro atoms. The quantitative estimate of drug-likeness (QED) is 0.824. The maximum atomic E-state index is 12.3. The smallest absolute Gasteiger partial charge is 0.248 e. The molecular weight excluding hydrogens is 302 g/mol. The molecule has 1 unspecified atom stereocenters. The van der Waals surface area contributed by atoms with Crippen LogP contribution in [0.25, 0.3) is 0 Å². The molecule has 2 amide bonds. The predicted molar refractivity (Wildman–Crippen MR) is 87.9 cm³/mol. The van der Waals surface area contributed by atoms with Crippen LogP contribution >= 0.6 is 11.8 Å². The number of amides is 2. The van der Waals surface area contributed by atoms with E-state index in [1.165, 1.54) is 0 Å². The fourth-order valence-electron chi connectivity index (χ4n) is 2.15. The summed E-state index contributed by atoms with van der Waals surface area (Å²) in [5.41, 5.74) is 6.06. The number of rotatable bonds is 6. The Balaban J connectivity index is 1.95. The van der Waals surface area contributed by atoms with Crippen molar-refractivity contribution in [2.45, 2.75) is 19.4 Å². The summed E-state index contributed by atoms with van der Waals surface area (Å²) in [5, 5.41) is 2.85.